The quantitative estimate of drug-likeness (QED) is 0.863. The molecule has 0 aromatic carbocycles. The molecule has 3 rings (SSSR count). The van der Waals surface area contributed by atoms with E-state index in [1.165, 1.54) is 0 Å². The molecule has 1 saturated heterocycles. The number of aryl methyl sites for hydroxylation is 1. The lowest BCUT2D eigenvalue weighted by molar-refractivity contribution is -0.121. The number of carbonyl (C=O) groups excluding carboxylic acids is 1. The Kier molecular flexibility index (Phi) is 2.59. The first-order valence-electron chi connectivity index (χ1n) is 6.00. The van der Waals surface area contributed by atoms with Gasteiger partial charge in [-0.2, -0.15) is 0 Å². The predicted molar refractivity (Wildman–Crippen MR) is 66.9 cm³/mol. The van der Waals surface area contributed by atoms with Gasteiger partial charge in [0.25, 0.3) is 0 Å². The molecule has 5 nitrogen and oxygen atoms in total. The van der Waals surface area contributed by atoms with E-state index in [0.717, 1.165) is 30.2 Å². The lowest BCUT2D eigenvalue weighted by atomic mass is 10.2. The number of hydrogen-bond donors (Lipinski definition) is 1. The van der Waals surface area contributed by atoms with Crippen LogP contribution in [0.3, 0.4) is 0 Å². The van der Waals surface area contributed by atoms with Crippen LogP contribution < -0.4 is 5.32 Å². The van der Waals surface area contributed by atoms with E-state index in [9.17, 15) is 4.79 Å². The predicted octanol–water partition coefficient (Wildman–Crippen LogP) is 1.31. The van der Waals surface area contributed by atoms with Crippen molar-refractivity contribution in [2.24, 2.45) is 0 Å². The van der Waals surface area contributed by atoms with Crippen molar-refractivity contribution in [2.45, 2.75) is 19.4 Å². The number of rotatable bonds is 2. The fraction of sp³-hybridized carbons (Fsp3) is 0.308. The third-order valence-corrected chi connectivity index (χ3v) is 3.14. The molecule has 2 aromatic rings. The first-order valence-corrected chi connectivity index (χ1v) is 6.00. The van der Waals surface area contributed by atoms with E-state index in [1.807, 2.05) is 35.9 Å². The molecule has 1 N–H and O–H groups in total. The van der Waals surface area contributed by atoms with Gasteiger partial charge in [-0.05, 0) is 25.5 Å². The number of nitrogens with one attached hydrogen (secondary N) is 1. The zero-order valence-corrected chi connectivity index (χ0v) is 10.1. The van der Waals surface area contributed by atoms with Crippen LogP contribution in [0.25, 0.3) is 11.5 Å². The van der Waals surface area contributed by atoms with Gasteiger partial charge in [0, 0.05) is 24.6 Å². The van der Waals surface area contributed by atoms with Crippen molar-refractivity contribution in [3.63, 3.8) is 0 Å². The Morgan fingerprint density at radius 1 is 1.44 bits per heavy atom. The zero-order chi connectivity index (χ0) is 12.5. The Morgan fingerprint density at radius 3 is 3.06 bits per heavy atom. The summed E-state index contributed by atoms with van der Waals surface area (Å²) >= 11 is 0. The Balaban J connectivity index is 2.04. The molecule has 1 atom stereocenters. The van der Waals surface area contributed by atoms with Crippen LogP contribution in [0.15, 0.2) is 30.6 Å². The van der Waals surface area contributed by atoms with Crippen LogP contribution in [0, 0.1) is 6.92 Å². The van der Waals surface area contributed by atoms with Crippen molar-refractivity contribution in [1.29, 1.82) is 0 Å². The fourth-order valence-electron chi connectivity index (χ4n) is 2.28. The number of amides is 1. The minimum Gasteiger partial charge on any atom is -0.354 e. The topological polar surface area (TPSA) is 59.8 Å². The van der Waals surface area contributed by atoms with Gasteiger partial charge >= 0.3 is 0 Å². The van der Waals surface area contributed by atoms with Crippen LogP contribution in [0.1, 0.15) is 18.2 Å². The van der Waals surface area contributed by atoms with Crippen molar-refractivity contribution < 1.29 is 4.79 Å². The molecule has 1 amide bonds. The van der Waals surface area contributed by atoms with E-state index < -0.39 is 0 Å². The van der Waals surface area contributed by atoms with E-state index in [4.69, 9.17) is 0 Å². The summed E-state index contributed by atoms with van der Waals surface area (Å²) in [6.07, 6.45) is 4.36. The van der Waals surface area contributed by atoms with Crippen LogP contribution in [0.2, 0.25) is 0 Å². The number of imidazole rings is 1. The summed E-state index contributed by atoms with van der Waals surface area (Å²) in [5, 5.41) is 2.84. The average molecular weight is 242 g/mol. The minimum absolute atomic E-state index is 0.0573. The Bertz CT molecular complexity index is 590. The molecule has 92 valence electrons. The molecule has 1 unspecified atom stereocenters. The second-order valence-corrected chi connectivity index (χ2v) is 4.42. The summed E-state index contributed by atoms with van der Waals surface area (Å²) in [6.45, 7) is 2.67. The largest absolute Gasteiger partial charge is 0.354 e. The molecule has 0 bridgehead atoms. The zero-order valence-electron chi connectivity index (χ0n) is 10.1. The highest BCUT2D eigenvalue weighted by molar-refractivity contribution is 5.82. The van der Waals surface area contributed by atoms with Gasteiger partial charge in [-0.1, -0.05) is 6.07 Å². The van der Waals surface area contributed by atoms with Gasteiger partial charge in [-0.25, -0.2) is 9.97 Å². The molecule has 2 aromatic heterocycles. The molecule has 1 aliphatic rings. The fourth-order valence-corrected chi connectivity index (χ4v) is 2.28. The molecule has 1 fully saturated rings. The molecule has 0 spiro atoms. The summed E-state index contributed by atoms with van der Waals surface area (Å²) < 4.78 is 1.91. The second kappa shape index (κ2) is 4.25. The molecule has 18 heavy (non-hydrogen) atoms. The van der Waals surface area contributed by atoms with Gasteiger partial charge in [0.15, 0.2) is 5.82 Å². The summed E-state index contributed by atoms with van der Waals surface area (Å²) in [5.41, 5.74) is 1.75. The van der Waals surface area contributed by atoms with E-state index in [-0.39, 0.29) is 11.9 Å². The summed E-state index contributed by atoms with van der Waals surface area (Å²) in [4.78, 5) is 20.5. The number of carbonyl (C=O) groups is 1. The highest BCUT2D eigenvalue weighted by Gasteiger charge is 2.27. The highest BCUT2D eigenvalue weighted by atomic mass is 16.2. The molecular formula is C13H14N4O. The maximum Gasteiger partial charge on any atom is 0.243 e. The first kappa shape index (κ1) is 11.0. The van der Waals surface area contributed by atoms with Crippen LogP contribution >= 0.6 is 0 Å². The van der Waals surface area contributed by atoms with E-state index in [2.05, 4.69) is 15.3 Å². The van der Waals surface area contributed by atoms with E-state index >= 15 is 0 Å². The number of pyridine rings is 1. The molecular weight excluding hydrogens is 228 g/mol. The van der Waals surface area contributed by atoms with E-state index in [1.54, 1.807) is 6.20 Å². The normalized spacial score (nSPS) is 18.9. The standard InChI is InChI=1S/C13H14N4O/c1-9-3-2-4-10(16-9)12-14-7-8-17(12)11-5-6-15-13(11)18/h2-4,7-8,11H,5-6H2,1H3,(H,15,18). The van der Waals surface area contributed by atoms with Gasteiger partial charge < -0.3 is 9.88 Å². The lowest BCUT2D eigenvalue weighted by Crippen LogP contribution is -2.22. The second-order valence-electron chi connectivity index (χ2n) is 4.42. The Hall–Kier alpha value is -2.17. The summed E-state index contributed by atoms with van der Waals surface area (Å²) in [6, 6.07) is 5.65. The Labute approximate surface area is 105 Å². The first-order chi connectivity index (χ1) is 8.75. The summed E-state index contributed by atoms with van der Waals surface area (Å²) in [5.74, 6) is 0.808. The third-order valence-electron chi connectivity index (χ3n) is 3.14. The molecule has 1 aliphatic heterocycles. The SMILES string of the molecule is Cc1cccc(-c2nccn2C2CCNC2=O)n1. The van der Waals surface area contributed by atoms with Crippen LogP contribution in [0.4, 0.5) is 0 Å². The van der Waals surface area contributed by atoms with E-state index in [0.29, 0.717) is 0 Å². The highest BCUT2D eigenvalue weighted by Crippen LogP contribution is 2.23. The number of aromatic nitrogens is 3. The van der Waals surface area contributed by atoms with Crippen LogP contribution in [-0.2, 0) is 4.79 Å². The van der Waals surface area contributed by atoms with Crippen molar-refractivity contribution in [2.75, 3.05) is 6.54 Å². The van der Waals surface area contributed by atoms with Gasteiger partial charge in [-0.3, -0.25) is 4.79 Å². The van der Waals surface area contributed by atoms with Crippen molar-refractivity contribution in [1.82, 2.24) is 19.9 Å². The minimum atomic E-state index is -0.162. The van der Waals surface area contributed by atoms with Gasteiger partial charge in [0.1, 0.15) is 11.7 Å². The molecule has 3 heterocycles. The van der Waals surface area contributed by atoms with Crippen molar-refractivity contribution >= 4 is 5.91 Å². The number of hydrogen-bond acceptors (Lipinski definition) is 3. The van der Waals surface area contributed by atoms with Crippen LogP contribution in [0.5, 0.6) is 0 Å². The molecule has 5 heteroatoms. The monoisotopic (exact) mass is 242 g/mol. The van der Waals surface area contributed by atoms with Gasteiger partial charge in [0.05, 0.1) is 0 Å². The number of nitrogens with zero attached hydrogens (tertiary/aromatic N) is 3. The van der Waals surface area contributed by atoms with Crippen molar-refractivity contribution in [3.05, 3.63) is 36.3 Å². The average Bonchev–Trinajstić information content (AvgIpc) is 2.96. The molecule has 0 saturated carbocycles. The van der Waals surface area contributed by atoms with Crippen molar-refractivity contribution in [3.8, 4) is 11.5 Å². The lowest BCUT2D eigenvalue weighted by Gasteiger charge is -2.12. The third kappa shape index (κ3) is 1.77. The van der Waals surface area contributed by atoms with Gasteiger partial charge in [0.2, 0.25) is 5.91 Å². The maximum atomic E-state index is 11.7. The Morgan fingerprint density at radius 2 is 2.33 bits per heavy atom. The smallest absolute Gasteiger partial charge is 0.243 e. The summed E-state index contributed by atoms with van der Waals surface area (Å²) in [7, 11) is 0. The van der Waals surface area contributed by atoms with Gasteiger partial charge in [-0.15, -0.1) is 0 Å². The maximum absolute atomic E-state index is 11.7. The molecule has 0 aliphatic carbocycles. The van der Waals surface area contributed by atoms with Crippen LogP contribution in [-0.4, -0.2) is 27.0 Å². The molecule has 0 radical (unpaired) electrons.